The van der Waals surface area contributed by atoms with Gasteiger partial charge in [0.1, 0.15) is 11.5 Å². The third kappa shape index (κ3) is 5.43. The third-order valence-electron chi connectivity index (χ3n) is 5.64. The largest absolute Gasteiger partial charge is 0.507 e. The van der Waals surface area contributed by atoms with Crippen molar-refractivity contribution in [2.24, 2.45) is 0 Å². The van der Waals surface area contributed by atoms with Gasteiger partial charge < -0.3 is 19.6 Å². The molecule has 1 aliphatic heterocycles. The number of aliphatic hydroxyl groups is 1. The van der Waals surface area contributed by atoms with Crippen LogP contribution in [0.25, 0.3) is 5.76 Å². The summed E-state index contributed by atoms with van der Waals surface area (Å²) < 4.78 is 5.65. The molecule has 1 atom stereocenters. The minimum atomic E-state index is -0.860. The first-order chi connectivity index (χ1) is 16.2. The molecular formula is C25H29N3O6. The molecule has 2 aromatic carbocycles. The molecule has 0 spiro atoms. The van der Waals surface area contributed by atoms with Gasteiger partial charge in [-0.15, -0.1) is 0 Å². The van der Waals surface area contributed by atoms with Gasteiger partial charge in [-0.05, 0) is 62.5 Å². The Morgan fingerprint density at radius 3 is 2.32 bits per heavy atom. The lowest BCUT2D eigenvalue weighted by atomic mass is 9.95. The summed E-state index contributed by atoms with van der Waals surface area (Å²) in [6, 6.07) is 11.5. The summed E-state index contributed by atoms with van der Waals surface area (Å²) >= 11 is 0. The van der Waals surface area contributed by atoms with Crippen LogP contribution in [0.3, 0.4) is 0 Å². The van der Waals surface area contributed by atoms with Crippen LogP contribution in [0, 0.1) is 10.1 Å². The first-order valence-electron chi connectivity index (χ1n) is 11.1. The molecule has 2 aromatic rings. The maximum absolute atomic E-state index is 13.0. The normalized spacial score (nSPS) is 17.4. The SMILES string of the molecule is CCCCOc1ccc(/C(O)=C2\C(=O)C(=O)N(CCN(C)C)C2c2ccc([N+](=O)[O-])cc2)cc1. The summed E-state index contributed by atoms with van der Waals surface area (Å²) in [6.07, 6.45) is 1.93. The van der Waals surface area contributed by atoms with E-state index in [1.54, 1.807) is 24.3 Å². The average Bonchev–Trinajstić information content (AvgIpc) is 3.07. The van der Waals surface area contributed by atoms with Crippen LogP contribution < -0.4 is 4.74 Å². The van der Waals surface area contributed by atoms with Crippen molar-refractivity contribution in [3.05, 3.63) is 75.3 Å². The predicted octanol–water partition coefficient (Wildman–Crippen LogP) is 3.76. The summed E-state index contributed by atoms with van der Waals surface area (Å²) in [5.74, 6) is -1.16. The van der Waals surface area contributed by atoms with E-state index in [1.807, 2.05) is 19.0 Å². The van der Waals surface area contributed by atoms with Gasteiger partial charge in [-0.25, -0.2) is 0 Å². The fraction of sp³-hybridized carbons (Fsp3) is 0.360. The number of rotatable bonds is 10. The monoisotopic (exact) mass is 467 g/mol. The van der Waals surface area contributed by atoms with Gasteiger partial charge in [0, 0.05) is 30.8 Å². The molecule has 9 heteroatoms. The van der Waals surface area contributed by atoms with E-state index in [4.69, 9.17) is 4.74 Å². The van der Waals surface area contributed by atoms with Crippen LogP contribution in [0.1, 0.15) is 36.9 Å². The molecule has 0 bridgehead atoms. The maximum atomic E-state index is 13.0. The highest BCUT2D eigenvalue weighted by Gasteiger charge is 2.46. The molecule has 0 saturated carbocycles. The number of non-ortho nitro benzene ring substituents is 1. The van der Waals surface area contributed by atoms with Crippen LogP contribution >= 0.6 is 0 Å². The number of ketones is 1. The molecule has 3 rings (SSSR count). The van der Waals surface area contributed by atoms with Crippen molar-refractivity contribution < 1.29 is 24.4 Å². The van der Waals surface area contributed by atoms with Crippen molar-refractivity contribution in [2.75, 3.05) is 33.8 Å². The van der Waals surface area contributed by atoms with Gasteiger partial charge >= 0.3 is 0 Å². The van der Waals surface area contributed by atoms with Gasteiger partial charge in [0.2, 0.25) is 0 Å². The lowest BCUT2D eigenvalue weighted by Gasteiger charge is -2.26. The number of hydrogen-bond donors (Lipinski definition) is 1. The maximum Gasteiger partial charge on any atom is 0.295 e. The second kappa shape index (κ2) is 10.9. The summed E-state index contributed by atoms with van der Waals surface area (Å²) in [4.78, 5) is 39.8. The molecule has 1 heterocycles. The standard InChI is InChI=1S/C25H29N3O6/c1-4-5-16-34-20-12-8-18(9-13-20)23(29)21-22(17-6-10-19(11-7-17)28(32)33)27(15-14-26(2)3)25(31)24(21)30/h6-13,22,29H,4-5,14-16H2,1-3H3/b23-21+. The van der Waals surface area contributed by atoms with Crippen molar-refractivity contribution in [1.29, 1.82) is 0 Å². The van der Waals surface area contributed by atoms with Crippen LogP contribution in [-0.4, -0.2) is 65.3 Å². The number of hydrogen-bond acceptors (Lipinski definition) is 7. The molecule has 1 amide bonds. The fourth-order valence-electron chi connectivity index (χ4n) is 3.74. The number of unbranched alkanes of at least 4 members (excludes halogenated alkanes) is 1. The van der Waals surface area contributed by atoms with E-state index in [2.05, 4.69) is 6.92 Å². The zero-order valence-corrected chi connectivity index (χ0v) is 19.6. The number of aliphatic hydroxyl groups excluding tert-OH is 1. The summed E-state index contributed by atoms with van der Waals surface area (Å²) in [6.45, 7) is 3.40. The van der Waals surface area contributed by atoms with E-state index in [-0.39, 0.29) is 23.6 Å². The summed E-state index contributed by atoms with van der Waals surface area (Å²) in [5.41, 5.74) is 0.731. The van der Waals surface area contributed by atoms with E-state index in [1.165, 1.54) is 29.2 Å². The molecule has 0 radical (unpaired) electrons. The Bertz CT molecular complexity index is 1080. The zero-order chi connectivity index (χ0) is 24.8. The first-order valence-corrected chi connectivity index (χ1v) is 11.1. The lowest BCUT2D eigenvalue weighted by molar-refractivity contribution is -0.384. The second-order valence-corrected chi connectivity index (χ2v) is 8.37. The van der Waals surface area contributed by atoms with Gasteiger partial charge in [0.15, 0.2) is 0 Å². The third-order valence-corrected chi connectivity index (χ3v) is 5.64. The summed E-state index contributed by atoms with van der Waals surface area (Å²) in [5, 5.41) is 22.2. The molecule has 180 valence electrons. The molecular weight excluding hydrogens is 438 g/mol. The topological polar surface area (TPSA) is 113 Å². The number of likely N-dealkylation sites (N-methyl/N-ethyl adjacent to an activating group) is 1. The molecule has 34 heavy (non-hydrogen) atoms. The van der Waals surface area contributed by atoms with Crippen molar-refractivity contribution >= 4 is 23.1 Å². The van der Waals surface area contributed by atoms with Crippen molar-refractivity contribution in [2.45, 2.75) is 25.8 Å². The number of carbonyl (C=O) groups excluding carboxylic acids is 2. The van der Waals surface area contributed by atoms with Crippen LogP contribution in [0.2, 0.25) is 0 Å². The number of nitrogens with zero attached hydrogens (tertiary/aromatic N) is 3. The Labute approximate surface area is 198 Å². The van der Waals surface area contributed by atoms with E-state index in [9.17, 15) is 24.8 Å². The van der Waals surface area contributed by atoms with Crippen molar-refractivity contribution in [3.63, 3.8) is 0 Å². The quantitative estimate of drug-likeness (QED) is 0.141. The van der Waals surface area contributed by atoms with Gasteiger partial charge in [-0.3, -0.25) is 19.7 Å². The highest BCUT2D eigenvalue weighted by atomic mass is 16.6. The van der Waals surface area contributed by atoms with Gasteiger partial charge in [-0.1, -0.05) is 13.3 Å². The molecule has 9 nitrogen and oxygen atoms in total. The number of likely N-dealkylation sites (tertiary alicyclic amines) is 1. The Morgan fingerprint density at radius 2 is 1.76 bits per heavy atom. The minimum absolute atomic E-state index is 0.0442. The van der Waals surface area contributed by atoms with E-state index < -0.39 is 22.7 Å². The van der Waals surface area contributed by atoms with Crippen LogP contribution in [0.4, 0.5) is 5.69 Å². The molecule has 1 unspecified atom stereocenters. The average molecular weight is 468 g/mol. The first kappa shape index (κ1) is 24.9. The molecule has 0 aliphatic carbocycles. The number of amides is 1. The van der Waals surface area contributed by atoms with E-state index in [0.29, 0.717) is 30.0 Å². The molecule has 0 aromatic heterocycles. The molecule has 1 N–H and O–H groups in total. The smallest absolute Gasteiger partial charge is 0.295 e. The molecule has 1 aliphatic rings. The van der Waals surface area contributed by atoms with Gasteiger partial charge in [0.25, 0.3) is 17.4 Å². The Kier molecular flexibility index (Phi) is 8.01. The Morgan fingerprint density at radius 1 is 1.12 bits per heavy atom. The molecule has 1 fully saturated rings. The van der Waals surface area contributed by atoms with Crippen molar-refractivity contribution in [3.8, 4) is 5.75 Å². The lowest BCUT2D eigenvalue weighted by Crippen LogP contribution is -2.35. The number of ether oxygens (including phenoxy) is 1. The van der Waals surface area contributed by atoms with Crippen LogP contribution in [-0.2, 0) is 9.59 Å². The minimum Gasteiger partial charge on any atom is -0.507 e. The zero-order valence-electron chi connectivity index (χ0n) is 19.6. The number of Topliss-reactive ketones (excluding diaryl/α,β-unsaturated/α-hetero) is 1. The molecule has 1 saturated heterocycles. The number of benzene rings is 2. The van der Waals surface area contributed by atoms with E-state index >= 15 is 0 Å². The summed E-state index contributed by atoms with van der Waals surface area (Å²) in [7, 11) is 3.70. The Balaban J connectivity index is 2.02. The van der Waals surface area contributed by atoms with Gasteiger partial charge in [-0.2, -0.15) is 0 Å². The van der Waals surface area contributed by atoms with Crippen LogP contribution in [0.5, 0.6) is 5.75 Å². The van der Waals surface area contributed by atoms with Gasteiger partial charge in [0.05, 0.1) is 23.1 Å². The highest BCUT2D eigenvalue weighted by Crippen LogP contribution is 2.39. The number of nitro groups is 1. The fourth-order valence-corrected chi connectivity index (χ4v) is 3.74. The van der Waals surface area contributed by atoms with Crippen LogP contribution in [0.15, 0.2) is 54.1 Å². The van der Waals surface area contributed by atoms with Crippen molar-refractivity contribution in [1.82, 2.24) is 9.80 Å². The number of nitro benzene ring substituents is 1. The van der Waals surface area contributed by atoms with E-state index in [0.717, 1.165) is 12.8 Å². The second-order valence-electron chi connectivity index (χ2n) is 8.37. The highest BCUT2D eigenvalue weighted by molar-refractivity contribution is 6.46. The number of carbonyl (C=O) groups is 2. The predicted molar refractivity (Wildman–Crippen MR) is 128 cm³/mol. The Hall–Kier alpha value is -3.72.